The minimum absolute atomic E-state index is 0.210. The lowest BCUT2D eigenvalue weighted by Gasteiger charge is -2.07. The molecule has 0 saturated heterocycles. The average Bonchev–Trinajstić information content (AvgIpc) is 3.18. The van der Waals surface area contributed by atoms with E-state index in [1.165, 1.54) is 12.8 Å². The third kappa shape index (κ3) is 3.30. The van der Waals surface area contributed by atoms with E-state index in [9.17, 15) is 4.79 Å². The van der Waals surface area contributed by atoms with Gasteiger partial charge in [-0.3, -0.25) is 10.00 Å². The van der Waals surface area contributed by atoms with Crippen molar-refractivity contribution in [2.45, 2.75) is 45.6 Å². The van der Waals surface area contributed by atoms with Crippen LogP contribution in [-0.4, -0.2) is 20.8 Å². The van der Waals surface area contributed by atoms with Crippen molar-refractivity contribution in [1.82, 2.24) is 20.1 Å². The van der Waals surface area contributed by atoms with E-state index in [0.717, 1.165) is 33.5 Å². The van der Waals surface area contributed by atoms with Crippen LogP contribution in [0.25, 0.3) is 0 Å². The maximum Gasteiger partial charge on any atom is 0.320 e. The molecule has 6 nitrogen and oxygen atoms in total. The van der Waals surface area contributed by atoms with Gasteiger partial charge in [0.15, 0.2) is 0 Å². The van der Waals surface area contributed by atoms with E-state index < -0.39 is 0 Å². The van der Waals surface area contributed by atoms with Crippen LogP contribution >= 0.6 is 11.3 Å². The molecule has 0 bridgehead atoms. The van der Waals surface area contributed by atoms with Crippen molar-refractivity contribution in [2.75, 3.05) is 5.32 Å². The number of urea groups is 1. The first-order valence-corrected chi connectivity index (χ1v) is 8.42. The molecule has 118 valence electrons. The van der Waals surface area contributed by atoms with Crippen molar-refractivity contribution in [1.29, 1.82) is 0 Å². The number of hydrogen-bond donors (Lipinski definition) is 2. The van der Waals surface area contributed by atoms with E-state index in [1.54, 1.807) is 16.0 Å². The number of carbonyl (C=O) groups is 1. The lowest BCUT2D eigenvalue weighted by atomic mass is 10.3. The number of anilines is 1. The minimum Gasteiger partial charge on any atom is -0.333 e. The molecule has 2 amide bonds. The molecule has 1 saturated carbocycles. The second-order valence-electron chi connectivity index (χ2n) is 5.62. The van der Waals surface area contributed by atoms with E-state index in [1.807, 2.05) is 20.0 Å². The van der Waals surface area contributed by atoms with Crippen LogP contribution in [0.15, 0.2) is 6.07 Å². The maximum absolute atomic E-state index is 12.1. The Morgan fingerprint density at radius 3 is 2.95 bits per heavy atom. The lowest BCUT2D eigenvalue weighted by Crippen LogP contribution is -2.29. The Kier molecular flexibility index (Phi) is 4.15. The van der Waals surface area contributed by atoms with Crippen molar-refractivity contribution < 1.29 is 4.79 Å². The van der Waals surface area contributed by atoms with Crippen LogP contribution in [-0.2, 0) is 20.0 Å². The van der Waals surface area contributed by atoms with Crippen LogP contribution in [0.1, 0.15) is 47.0 Å². The van der Waals surface area contributed by atoms with E-state index >= 15 is 0 Å². The van der Waals surface area contributed by atoms with Gasteiger partial charge in [-0.15, -0.1) is 11.3 Å². The predicted octanol–water partition coefficient (Wildman–Crippen LogP) is 2.95. The van der Waals surface area contributed by atoms with E-state index in [2.05, 4.69) is 27.6 Å². The third-order valence-electron chi connectivity index (χ3n) is 3.77. The predicted molar refractivity (Wildman–Crippen MR) is 87.3 cm³/mol. The highest BCUT2D eigenvalue weighted by Crippen LogP contribution is 2.39. The van der Waals surface area contributed by atoms with Crippen molar-refractivity contribution in [3.8, 4) is 0 Å². The first-order chi connectivity index (χ1) is 10.6. The summed E-state index contributed by atoms with van der Waals surface area (Å²) in [6.45, 7) is 4.57. The first kappa shape index (κ1) is 15.0. The van der Waals surface area contributed by atoms with Gasteiger partial charge in [-0.1, -0.05) is 6.92 Å². The molecular weight excluding hydrogens is 298 g/mol. The Balaban J connectivity index is 1.58. The Hall–Kier alpha value is -1.89. The molecule has 3 rings (SSSR count). The van der Waals surface area contributed by atoms with E-state index in [0.29, 0.717) is 12.5 Å². The average molecular weight is 319 g/mol. The topological polar surface area (TPSA) is 71.8 Å². The lowest BCUT2D eigenvalue weighted by molar-refractivity contribution is 0.251. The second kappa shape index (κ2) is 6.08. The summed E-state index contributed by atoms with van der Waals surface area (Å²) in [5.74, 6) is 1.31. The van der Waals surface area contributed by atoms with Crippen LogP contribution in [0.5, 0.6) is 0 Å². The molecule has 0 spiro atoms. The van der Waals surface area contributed by atoms with Gasteiger partial charge in [0, 0.05) is 23.9 Å². The molecule has 2 heterocycles. The van der Waals surface area contributed by atoms with Gasteiger partial charge < -0.3 is 5.32 Å². The highest BCUT2D eigenvalue weighted by molar-refractivity contribution is 7.11. The van der Waals surface area contributed by atoms with Crippen LogP contribution in [0, 0.1) is 6.92 Å². The minimum atomic E-state index is -0.210. The molecule has 2 aromatic heterocycles. The van der Waals surface area contributed by atoms with Crippen LogP contribution in [0.2, 0.25) is 0 Å². The second-order valence-corrected chi connectivity index (χ2v) is 6.90. The fourth-order valence-electron chi connectivity index (χ4n) is 2.43. The fraction of sp³-hybridized carbons (Fsp3) is 0.533. The number of amides is 2. The number of rotatable bonds is 5. The van der Waals surface area contributed by atoms with Gasteiger partial charge in [0.25, 0.3) is 0 Å². The Bertz CT molecular complexity index is 686. The number of nitrogens with one attached hydrogen (secondary N) is 2. The molecule has 2 aromatic rings. The molecular formula is C15H21N5OS. The Morgan fingerprint density at radius 1 is 1.50 bits per heavy atom. The Morgan fingerprint density at radius 2 is 2.27 bits per heavy atom. The summed E-state index contributed by atoms with van der Waals surface area (Å²) in [4.78, 5) is 17.7. The summed E-state index contributed by atoms with van der Waals surface area (Å²) in [5.41, 5.74) is 2.14. The highest BCUT2D eigenvalue weighted by Gasteiger charge is 2.27. The summed E-state index contributed by atoms with van der Waals surface area (Å²) < 4.78 is 1.72. The number of carbonyl (C=O) groups excluding carboxylic acids is 1. The Labute approximate surface area is 133 Å². The molecule has 7 heteroatoms. The van der Waals surface area contributed by atoms with Gasteiger partial charge in [-0.25, -0.2) is 9.78 Å². The molecule has 0 unspecified atom stereocenters. The standard InChI is InChI=1S/C15H21N5OS/c1-4-11-13(22-9(2)17-11)8-16-15(21)18-14-7-12(10-5-6-10)19-20(14)3/h7,10H,4-6,8H2,1-3H3,(H2,16,18,21). The number of thiazole rings is 1. The highest BCUT2D eigenvalue weighted by atomic mass is 32.1. The number of aryl methyl sites for hydroxylation is 3. The van der Waals surface area contributed by atoms with Crippen molar-refractivity contribution in [3.05, 3.63) is 27.3 Å². The SMILES string of the molecule is CCc1nc(C)sc1CNC(=O)Nc1cc(C2CC2)nn1C. The zero-order valence-corrected chi connectivity index (χ0v) is 14.0. The molecule has 0 atom stereocenters. The van der Waals surface area contributed by atoms with Crippen molar-refractivity contribution in [3.63, 3.8) is 0 Å². The molecule has 2 N–H and O–H groups in total. The zero-order valence-electron chi connectivity index (χ0n) is 13.1. The number of hydrogen-bond acceptors (Lipinski definition) is 4. The van der Waals surface area contributed by atoms with Crippen LogP contribution in [0.4, 0.5) is 10.6 Å². The molecule has 1 fully saturated rings. The quantitative estimate of drug-likeness (QED) is 0.890. The van der Waals surface area contributed by atoms with Gasteiger partial charge in [-0.2, -0.15) is 5.10 Å². The van der Waals surface area contributed by atoms with E-state index in [4.69, 9.17) is 0 Å². The van der Waals surface area contributed by atoms with Gasteiger partial charge in [0.1, 0.15) is 5.82 Å². The summed E-state index contributed by atoms with van der Waals surface area (Å²) >= 11 is 1.64. The van der Waals surface area contributed by atoms with Crippen molar-refractivity contribution >= 4 is 23.2 Å². The molecule has 0 aromatic carbocycles. The molecule has 1 aliphatic rings. The van der Waals surface area contributed by atoms with Crippen LogP contribution in [0.3, 0.4) is 0 Å². The largest absolute Gasteiger partial charge is 0.333 e. The smallest absolute Gasteiger partial charge is 0.320 e. The number of aromatic nitrogens is 3. The normalized spacial score (nSPS) is 14.1. The molecule has 1 aliphatic carbocycles. The van der Waals surface area contributed by atoms with Crippen molar-refractivity contribution in [2.24, 2.45) is 7.05 Å². The summed E-state index contributed by atoms with van der Waals surface area (Å²) in [5, 5.41) is 11.2. The molecule has 0 aliphatic heterocycles. The maximum atomic E-state index is 12.1. The van der Waals surface area contributed by atoms with Crippen LogP contribution < -0.4 is 10.6 Å². The first-order valence-electron chi connectivity index (χ1n) is 7.60. The summed E-state index contributed by atoms with van der Waals surface area (Å²) in [6.07, 6.45) is 3.29. The van der Waals surface area contributed by atoms with Gasteiger partial charge in [0.2, 0.25) is 0 Å². The third-order valence-corrected chi connectivity index (χ3v) is 4.78. The fourth-order valence-corrected chi connectivity index (χ4v) is 3.40. The summed E-state index contributed by atoms with van der Waals surface area (Å²) in [6, 6.07) is 1.75. The number of nitrogens with zero attached hydrogens (tertiary/aromatic N) is 3. The molecule has 22 heavy (non-hydrogen) atoms. The monoisotopic (exact) mass is 319 g/mol. The van der Waals surface area contributed by atoms with Gasteiger partial charge in [-0.05, 0) is 26.2 Å². The molecule has 0 radical (unpaired) electrons. The van der Waals surface area contributed by atoms with Gasteiger partial charge in [0.05, 0.1) is 22.9 Å². The summed E-state index contributed by atoms with van der Waals surface area (Å²) in [7, 11) is 1.85. The zero-order chi connectivity index (χ0) is 15.7. The van der Waals surface area contributed by atoms with E-state index in [-0.39, 0.29) is 6.03 Å². The van der Waals surface area contributed by atoms with Gasteiger partial charge >= 0.3 is 6.03 Å².